The van der Waals surface area contributed by atoms with Crippen LogP contribution in [-0.2, 0) is 12.7 Å². The van der Waals surface area contributed by atoms with Crippen molar-refractivity contribution in [3.05, 3.63) is 47.5 Å². The Kier molecular flexibility index (Phi) is 5.60. The summed E-state index contributed by atoms with van der Waals surface area (Å²) < 4.78 is 37.9. The van der Waals surface area contributed by atoms with Crippen molar-refractivity contribution in [2.24, 2.45) is 0 Å². The lowest BCUT2D eigenvalue weighted by atomic mass is 10.1. The first kappa shape index (κ1) is 15.8. The van der Waals surface area contributed by atoms with Gasteiger partial charge in [-0.2, -0.15) is 13.2 Å². The highest BCUT2D eigenvalue weighted by Crippen LogP contribution is 2.29. The predicted molar refractivity (Wildman–Crippen MR) is 71.8 cm³/mol. The maximum Gasteiger partial charge on any atom is 0.416 e. The second-order valence-corrected chi connectivity index (χ2v) is 4.87. The van der Waals surface area contributed by atoms with Crippen LogP contribution in [0.5, 0.6) is 0 Å². The first-order valence-electron chi connectivity index (χ1n) is 6.35. The van der Waals surface area contributed by atoms with Gasteiger partial charge in [-0.25, -0.2) is 0 Å². The molecule has 0 aliphatic carbocycles. The molecule has 0 atom stereocenters. The fraction of sp³-hybridized carbons (Fsp3) is 0.467. The van der Waals surface area contributed by atoms with Crippen LogP contribution in [0.25, 0.3) is 0 Å². The average molecular weight is 271 g/mol. The number of halogens is 3. The van der Waals surface area contributed by atoms with Crippen molar-refractivity contribution in [2.75, 3.05) is 13.1 Å². The fourth-order valence-electron chi connectivity index (χ4n) is 2.02. The summed E-state index contributed by atoms with van der Waals surface area (Å²) in [6.07, 6.45) is -3.31. The van der Waals surface area contributed by atoms with Crippen LogP contribution in [0.1, 0.15) is 31.4 Å². The van der Waals surface area contributed by atoms with Crippen molar-refractivity contribution in [2.45, 2.75) is 33.0 Å². The Hall–Kier alpha value is -1.29. The number of rotatable bonds is 6. The zero-order chi connectivity index (χ0) is 14.5. The Morgan fingerprint density at radius 3 is 2.53 bits per heavy atom. The van der Waals surface area contributed by atoms with Crippen molar-refractivity contribution in [1.29, 1.82) is 0 Å². The second kappa shape index (κ2) is 6.75. The summed E-state index contributed by atoms with van der Waals surface area (Å²) in [6, 6.07) is 5.52. The van der Waals surface area contributed by atoms with Gasteiger partial charge in [0.05, 0.1) is 5.56 Å². The molecule has 0 amide bonds. The van der Waals surface area contributed by atoms with Gasteiger partial charge in [-0.1, -0.05) is 37.3 Å². The summed E-state index contributed by atoms with van der Waals surface area (Å²) in [4.78, 5) is 2.11. The molecule has 0 unspecified atom stereocenters. The Bertz CT molecular complexity index is 424. The number of nitrogens with zero attached hydrogens (tertiary/aromatic N) is 1. The molecule has 1 nitrogen and oxygen atoms in total. The lowest BCUT2D eigenvalue weighted by Crippen LogP contribution is -2.25. The van der Waals surface area contributed by atoms with E-state index in [-0.39, 0.29) is 0 Å². The monoisotopic (exact) mass is 271 g/mol. The molecule has 0 aromatic heterocycles. The molecule has 4 heteroatoms. The van der Waals surface area contributed by atoms with Gasteiger partial charge in [-0.15, -0.1) is 0 Å². The SMILES string of the molecule is C=C(C)CN(CCC)Cc1cccc(C(F)(F)F)c1. The van der Waals surface area contributed by atoms with E-state index in [4.69, 9.17) is 0 Å². The second-order valence-electron chi connectivity index (χ2n) is 4.87. The topological polar surface area (TPSA) is 3.24 Å². The standard InChI is InChI=1S/C15H20F3N/c1-4-8-19(10-12(2)3)11-13-6-5-7-14(9-13)15(16,17)18/h5-7,9H,2,4,8,10-11H2,1,3H3. The van der Waals surface area contributed by atoms with Crippen molar-refractivity contribution in [1.82, 2.24) is 4.90 Å². The zero-order valence-electron chi connectivity index (χ0n) is 11.4. The molecule has 106 valence electrons. The molecular formula is C15H20F3N. The highest BCUT2D eigenvalue weighted by Gasteiger charge is 2.30. The van der Waals surface area contributed by atoms with Crippen LogP contribution >= 0.6 is 0 Å². The minimum atomic E-state index is -4.28. The van der Waals surface area contributed by atoms with Crippen LogP contribution in [0.15, 0.2) is 36.4 Å². The van der Waals surface area contributed by atoms with E-state index in [0.717, 1.165) is 24.6 Å². The third-order valence-corrected chi connectivity index (χ3v) is 2.69. The molecule has 0 heterocycles. The van der Waals surface area contributed by atoms with Gasteiger partial charge < -0.3 is 0 Å². The highest BCUT2D eigenvalue weighted by molar-refractivity contribution is 5.25. The van der Waals surface area contributed by atoms with Gasteiger partial charge in [-0.3, -0.25) is 4.90 Å². The summed E-state index contributed by atoms with van der Waals surface area (Å²) >= 11 is 0. The molecule has 0 saturated carbocycles. The Morgan fingerprint density at radius 1 is 1.32 bits per heavy atom. The Balaban J connectivity index is 2.81. The van der Waals surface area contributed by atoms with Gasteiger partial charge >= 0.3 is 6.18 Å². The molecule has 0 bridgehead atoms. The van der Waals surface area contributed by atoms with E-state index in [0.29, 0.717) is 18.7 Å². The van der Waals surface area contributed by atoms with Crippen molar-refractivity contribution < 1.29 is 13.2 Å². The van der Waals surface area contributed by atoms with E-state index in [1.807, 2.05) is 6.92 Å². The minimum Gasteiger partial charge on any atom is -0.295 e. The quantitative estimate of drug-likeness (QED) is 0.689. The number of hydrogen-bond acceptors (Lipinski definition) is 1. The van der Waals surface area contributed by atoms with Crippen molar-refractivity contribution >= 4 is 0 Å². The summed E-state index contributed by atoms with van der Waals surface area (Å²) in [7, 11) is 0. The fourth-order valence-corrected chi connectivity index (χ4v) is 2.02. The predicted octanol–water partition coefficient (Wildman–Crippen LogP) is 4.49. The maximum atomic E-state index is 12.6. The number of alkyl halides is 3. The smallest absolute Gasteiger partial charge is 0.295 e. The normalized spacial score (nSPS) is 11.9. The van der Waals surface area contributed by atoms with Gasteiger partial charge in [0.25, 0.3) is 0 Å². The summed E-state index contributed by atoms with van der Waals surface area (Å²) in [5.74, 6) is 0. The summed E-state index contributed by atoms with van der Waals surface area (Å²) in [5.41, 5.74) is 1.11. The first-order chi connectivity index (χ1) is 8.82. The summed E-state index contributed by atoms with van der Waals surface area (Å²) in [6.45, 7) is 9.91. The van der Waals surface area contributed by atoms with E-state index in [1.54, 1.807) is 6.07 Å². The average Bonchev–Trinajstić information content (AvgIpc) is 2.27. The Morgan fingerprint density at radius 2 is 2.00 bits per heavy atom. The van der Waals surface area contributed by atoms with Gasteiger partial charge in [0.2, 0.25) is 0 Å². The van der Waals surface area contributed by atoms with Crippen LogP contribution in [0, 0.1) is 0 Å². The van der Waals surface area contributed by atoms with Crippen LogP contribution in [0.4, 0.5) is 13.2 Å². The number of benzene rings is 1. The molecule has 0 radical (unpaired) electrons. The minimum absolute atomic E-state index is 0.518. The molecule has 0 fully saturated rings. The third-order valence-electron chi connectivity index (χ3n) is 2.69. The van der Waals surface area contributed by atoms with E-state index in [2.05, 4.69) is 18.4 Å². The molecule has 0 aliphatic heterocycles. The van der Waals surface area contributed by atoms with Crippen LogP contribution in [0.2, 0.25) is 0 Å². The summed E-state index contributed by atoms with van der Waals surface area (Å²) in [5, 5.41) is 0. The molecule has 0 N–H and O–H groups in total. The molecule has 1 rings (SSSR count). The molecule has 19 heavy (non-hydrogen) atoms. The molecule has 1 aromatic rings. The van der Waals surface area contributed by atoms with Gasteiger partial charge in [0, 0.05) is 13.1 Å². The van der Waals surface area contributed by atoms with Crippen molar-refractivity contribution in [3.8, 4) is 0 Å². The molecule has 0 spiro atoms. The van der Waals surface area contributed by atoms with Crippen LogP contribution in [-0.4, -0.2) is 18.0 Å². The molecular weight excluding hydrogens is 251 g/mol. The van der Waals surface area contributed by atoms with Gasteiger partial charge in [0.1, 0.15) is 0 Å². The number of hydrogen-bond donors (Lipinski definition) is 0. The van der Waals surface area contributed by atoms with E-state index < -0.39 is 11.7 Å². The third kappa shape index (κ3) is 5.47. The highest BCUT2D eigenvalue weighted by atomic mass is 19.4. The van der Waals surface area contributed by atoms with Crippen LogP contribution < -0.4 is 0 Å². The molecule has 0 aliphatic rings. The van der Waals surface area contributed by atoms with Gasteiger partial charge in [0.15, 0.2) is 0 Å². The molecule has 0 saturated heterocycles. The van der Waals surface area contributed by atoms with Crippen LogP contribution in [0.3, 0.4) is 0 Å². The van der Waals surface area contributed by atoms with Gasteiger partial charge in [-0.05, 0) is 31.5 Å². The zero-order valence-corrected chi connectivity index (χ0v) is 11.4. The van der Waals surface area contributed by atoms with Crippen molar-refractivity contribution in [3.63, 3.8) is 0 Å². The Labute approximate surface area is 112 Å². The lowest BCUT2D eigenvalue weighted by molar-refractivity contribution is -0.137. The van der Waals surface area contributed by atoms with E-state index >= 15 is 0 Å². The van der Waals surface area contributed by atoms with E-state index in [9.17, 15) is 13.2 Å². The largest absolute Gasteiger partial charge is 0.416 e. The maximum absolute atomic E-state index is 12.6. The lowest BCUT2D eigenvalue weighted by Gasteiger charge is -2.22. The molecule has 1 aromatic carbocycles. The van der Waals surface area contributed by atoms with E-state index in [1.165, 1.54) is 12.1 Å². The first-order valence-corrected chi connectivity index (χ1v) is 6.35.